The van der Waals surface area contributed by atoms with Crippen LogP contribution >= 0.6 is 15.9 Å². The molecule has 0 heterocycles. The maximum absolute atomic E-state index is 12.4. The molecular formula is C20H26BrN2O2+. The summed E-state index contributed by atoms with van der Waals surface area (Å²) in [5.41, 5.74) is 2.29. The van der Waals surface area contributed by atoms with Gasteiger partial charge in [0.15, 0.2) is 6.04 Å². The highest BCUT2D eigenvalue weighted by Gasteiger charge is 2.21. The fraction of sp³-hybridized carbons (Fsp3) is 0.350. The number of carbonyl (C=O) groups excluding carboxylic acids is 1. The van der Waals surface area contributed by atoms with Crippen molar-refractivity contribution in [2.45, 2.75) is 38.9 Å². The number of ether oxygens (including phenoxy) is 1. The Bertz CT molecular complexity index is 671. The Balaban J connectivity index is 1.88. The molecule has 25 heavy (non-hydrogen) atoms. The first-order valence-electron chi connectivity index (χ1n) is 8.54. The number of carbonyl (C=O) groups is 1. The number of hydrogen-bond acceptors (Lipinski definition) is 2. The van der Waals surface area contributed by atoms with Gasteiger partial charge in [0.25, 0.3) is 5.91 Å². The van der Waals surface area contributed by atoms with E-state index in [1.54, 1.807) is 7.11 Å². The number of hydrogen-bond donors (Lipinski definition) is 2. The lowest BCUT2D eigenvalue weighted by Crippen LogP contribution is -2.92. The third kappa shape index (κ3) is 5.87. The van der Waals surface area contributed by atoms with Gasteiger partial charge in [-0.1, -0.05) is 47.1 Å². The molecule has 0 aliphatic rings. The summed E-state index contributed by atoms with van der Waals surface area (Å²) < 4.78 is 6.21. The van der Waals surface area contributed by atoms with Gasteiger partial charge in [-0.3, -0.25) is 4.79 Å². The van der Waals surface area contributed by atoms with Gasteiger partial charge >= 0.3 is 0 Å². The third-order valence-corrected chi connectivity index (χ3v) is 4.83. The Morgan fingerprint density at radius 1 is 1.16 bits per heavy atom. The van der Waals surface area contributed by atoms with Crippen molar-refractivity contribution in [2.24, 2.45) is 0 Å². The smallest absolute Gasteiger partial charge is 0.278 e. The monoisotopic (exact) mass is 405 g/mol. The largest absolute Gasteiger partial charge is 0.497 e. The van der Waals surface area contributed by atoms with Gasteiger partial charge in [0.2, 0.25) is 0 Å². The van der Waals surface area contributed by atoms with E-state index in [0.29, 0.717) is 6.54 Å². The molecule has 0 aliphatic carbocycles. The Morgan fingerprint density at radius 2 is 1.80 bits per heavy atom. The molecule has 0 bridgehead atoms. The number of methoxy groups -OCH3 is 1. The lowest BCUT2D eigenvalue weighted by atomic mass is 10.0. The predicted molar refractivity (Wildman–Crippen MR) is 103 cm³/mol. The number of nitrogens with one attached hydrogen (secondary N) is 1. The Labute approximate surface area is 158 Å². The van der Waals surface area contributed by atoms with E-state index >= 15 is 0 Å². The summed E-state index contributed by atoms with van der Waals surface area (Å²) in [6, 6.07) is 16.2. The molecule has 0 fully saturated rings. The van der Waals surface area contributed by atoms with Crippen LogP contribution in [0.5, 0.6) is 5.75 Å². The van der Waals surface area contributed by atoms with E-state index in [0.717, 1.165) is 22.2 Å². The van der Waals surface area contributed by atoms with E-state index in [1.807, 2.05) is 43.3 Å². The van der Waals surface area contributed by atoms with Crippen LogP contribution in [0, 0.1) is 0 Å². The van der Waals surface area contributed by atoms with Gasteiger partial charge < -0.3 is 15.4 Å². The minimum atomic E-state index is -0.146. The highest BCUT2D eigenvalue weighted by molar-refractivity contribution is 9.10. The third-order valence-electron chi connectivity index (χ3n) is 4.30. The number of nitrogens with two attached hydrogens (primary N) is 1. The lowest BCUT2D eigenvalue weighted by Gasteiger charge is -2.19. The van der Waals surface area contributed by atoms with Gasteiger partial charge in [0.1, 0.15) is 11.8 Å². The standard InChI is InChI=1S/C20H25BrN2O2/c1-4-19(16-7-9-17(21)10-8-16)23-14(2)20(24)22-13-15-5-11-18(25-3)12-6-15/h5-12,14,19,23H,4,13H2,1-3H3,(H,22,24)/p+1/t14-,19-/m0/s1. The van der Waals surface area contributed by atoms with Crippen molar-refractivity contribution in [3.63, 3.8) is 0 Å². The first kappa shape index (κ1) is 19.5. The Morgan fingerprint density at radius 3 is 2.36 bits per heavy atom. The SMILES string of the molecule is CC[C@H]([NH2+][C@@H](C)C(=O)NCc1ccc(OC)cc1)c1ccc(Br)cc1. The van der Waals surface area contributed by atoms with Crippen LogP contribution < -0.4 is 15.4 Å². The topological polar surface area (TPSA) is 54.9 Å². The normalized spacial score (nSPS) is 13.1. The minimum Gasteiger partial charge on any atom is -0.497 e. The summed E-state index contributed by atoms with van der Waals surface area (Å²) in [4.78, 5) is 12.4. The highest BCUT2D eigenvalue weighted by Crippen LogP contribution is 2.16. The van der Waals surface area contributed by atoms with Crippen LogP contribution in [0.4, 0.5) is 0 Å². The molecule has 1 amide bonds. The molecule has 2 atom stereocenters. The van der Waals surface area contributed by atoms with Crippen LogP contribution in [-0.2, 0) is 11.3 Å². The van der Waals surface area contributed by atoms with Crippen LogP contribution in [0.15, 0.2) is 53.0 Å². The van der Waals surface area contributed by atoms with E-state index in [-0.39, 0.29) is 18.0 Å². The number of rotatable bonds is 8. The average molecular weight is 406 g/mol. The van der Waals surface area contributed by atoms with E-state index < -0.39 is 0 Å². The van der Waals surface area contributed by atoms with Crippen LogP contribution in [-0.4, -0.2) is 19.1 Å². The maximum atomic E-state index is 12.4. The van der Waals surface area contributed by atoms with Crippen molar-refractivity contribution < 1.29 is 14.8 Å². The molecule has 0 unspecified atom stereocenters. The van der Waals surface area contributed by atoms with Crippen LogP contribution in [0.1, 0.15) is 37.4 Å². The number of amides is 1. The fourth-order valence-electron chi connectivity index (χ4n) is 2.72. The van der Waals surface area contributed by atoms with Crippen LogP contribution in [0.25, 0.3) is 0 Å². The zero-order valence-electron chi connectivity index (χ0n) is 15.0. The molecule has 0 saturated heterocycles. The van der Waals surface area contributed by atoms with Crippen molar-refractivity contribution in [1.29, 1.82) is 0 Å². The predicted octanol–water partition coefficient (Wildman–Crippen LogP) is 3.18. The summed E-state index contributed by atoms with van der Waals surface area (Å²) >= 11 is 3.46. The first-order valence-corrected chi connectivity index (χ1v) is 9.34. The van der Waals surface area contributed by atoms with Gasteiger partial charge in [0.05, 0.1) is 7.11 Å². The second-order valence-electron chi connectivity index (χ2n) is 6.11. The first-order chi connectivity index (χ1) is 12.0. The molecule has 0 radical (unpaired) electrons. The number of benzene rings is 2. The van der Waals surface area contributed by atoms with Gasteiger partial charge in [0, 0.05) is 23.0 Å². The molecule has 0 aliphatic heterocycles. The molecule has 2 aromatic rings. The molecule has 5 heteroatoms. The molecule has 4 nitrogen and oxygen atoms in total. The second-order valence-corrected chi connectivity index (χ2v) is 7.03. The summed E-state index contributed by atoms with van der Waals surface area (Å²) in [5, 5.41) is 5.14. The fourth-order valence-corrected chi connectivity index (χ4v) is 2.99. The Kier molecular flexibility index (Phi) is 7.47. The van der Waals surface area contributed by atoms with Gasteiger partial charge in [-0.25, -0.2) is 0 Å². The molecule has 0 aromatic heterocycles. The number of halogens is 1. The van der Waals surface area contributed by atoms with E-state index in [2.05, 4.69) is 45.6 Å². The molecule has 0 saturated carbocycles. The summed E-state index contributed by atoms with van der Waals surface area (Å²) in [6.45, 7) is 4.62. The van der Waals surface area contributed by atoms with Gasteiger partial charge in [-0.15, -0.1) is 0 Å². The number of quaternary nitrogens is 1. The van der Waals surface area contributed by atoms with E-state index in [9.17, 15) is 4.79 Å². The van der Waals surface area contributed by atoms with Crippen LogP contribution in [0.3, 0.4) is 0 Å². The summed E-state index contributed by atoms with van der Waals surface area (Å²) in [5.74, 6) is 0.864. The van der Waals surface area contributed by atoms with Gasteiger partial charge in [-0.2, -0.15) is 0 Å². The highest BCUT2D eigenvalue weighted by atomic mass is 79.9. The van der Waals surface area contributed by atoms with Crippen LogP contribution in [0.2, 0.25) is 0 Å². The molecule has 0 spiro atoms. The molecular weight excluding hydrogens is 380 g/mol. The van der Waals surface area contributed by atoms with Crippen molar-refractivity contribution in [2.75, 3.05) is 7.11 Å². The molecule has 2 rings (SSSR count). The zero-order valence-corrected chi connectivity index (χ0v) is 16.5. The van der Waals surface area contributed by atoms with E-state index in [1.165, 1.54) is 5.56 Å². The quantitative estimate of drug-likeness (QED) is 0.708. The second kappa shape index (κ2) is 9.59. The molecule has 134 valence electrons. The maximum Gasteiger partial charge on any atom is 0.278 e. The summed E-state index contributed by atoms with van der Waals surface area (Å²) in [6.07, 6.45) is 0.970. The van der Waals surface area contributed by atoms with Crippen molar-refractivity contribution in [3.8, 4) is 5.75 Å². The average Bonchev–Trinajstić information content (AvgIpc) is 2.65. The molecule has 2 aromatic carbocycles. The van der Waals surface area contributed by atoms with Crippen molar-refractivity contribution >= 4 is 21.8 Å². The molecule has 3 N–H and O–H groups in total. The van der Waals surface area contributed by atoms with E-state index in [4.69, 9.17) is 4.74 Å². The lowest BCUT2D eigenvalue weighted by molar-refractivity contribution is -0.713. The summed E-state index contributed by atoms with van der Waals surface area (Å²) in [7, 11) is 1.64. The van der Waals surface area contributed by atoms with Gasteiger partial charge in [-0.05, 0) is 36.8 Å². The zero-order chi connectivity index (χ0) is 18.2. The van der Waals surface area contributed by atoms with Crippen molar-refractivity contribution in [3.05, 3.63) is 64.1 Å². The minimum absolute atomic E-state index is 0.0476. The Hall–Kier alpha value is -1.85. The van der Waals surface area contributed by atoms with Crippen molar-refractivity contribution in [1.82, 2.24) is 5.32 Å².